The van der Waals surface area contributed by atoms with Crippen molar-refractivity contribution in [3.63, 3.8) is 0 Å². The van der Waals surface area contributed by atoms with Crippen LogP contribution in [-0.4, -0.2) is 67.6 Å². The molecule has 11 nitrogen and oxygen atoms in total. The van der Waals surface area contributed by atoms with Crippen LogP contribution in [0.1, 0.15) is 22.6 Å². The number of amides is 1. The number of rotatable bonds is 5. The van der Waals surface area contributed by atoms with E-state index < -0.39 is 17.0 Å². The smallest absolute Gasteiger partial charge is 0.306 e. The topological polar surface area (TPSA) is 141 Å². The van der Waals surface area contributed by atoms with Gasteiger partial charge in [0.2, 0.25) is 0 Å². The molecule has 0 saturated carbocycles. The van der Waals surface area contributed by atoms with Gasteiger partial charge in [-0.1, -0.05) is 11.3 Å². The van der Waals surface area contributed by atoms with E-state index in [-0.39, 0.29) is 36.9 Å². The van der Waals surface area contributed by atoms with E-state index in [4.69, 9.17) is 9.84 Å². The van der Waals surface area contributed by atoms with Crippen molar-refractivity contribution in [1.82, 2.24) is 19.9 Å². The molecule has 1 aromatic heterocycles. The summed E-state index contributed by atoms with van der Waals surface area (Å²) in [7, 11) is 0. The zero-order chi connectivity index (χ0) is 19.6. The van der Waals surface area contributed by atoms with Crippen molar-refractivity contribution in [2.24, 2.45) is 0 Å². The Morgan fingerprint density at radius 3 is 2.93 bits per heavy atom. The van der Waals surface area contributed by atoms with Gasteiger partial charge in [-0.05, 0) is 13.0 Å². The first-order chi connectivity index (χ1) is 12.9. The van der Waals surface area contributed by atoms with Crippen LogP contribution < -0.4 is 0 Å². The number of morpholine rings is 1. The standard InChI is InChI=1S/C16H17N5O6/c1-10-15(16(24)19-5-6-27-13(9-19)8-14(22)23)17-18-20(10)11-3-2-4-12(7-11)21(25)26/h2-4,7,13H,5-6,8-9H2,1H3,(H,22,23). The molecule has 1 unspecified atom stereocenters. The minimum absolute atomic E-state index is 0.0973. The van der Waals surface area contributed by atoms with Gasteiger partial charge in [-0.3, -0.25) is 19.7 Å². The maximum absolute atomic E-state index is 12.8. The monoisotopic (exact) mass is 375 g/mol. The Morgan fingerprint density at radius 1 is 1.44 bits per heavy atom. The van der Waals surface area contributed by atoms with Crippen molar-refractivity contribution >= 4 is 17.6 Å². The molecular formula is C16H17N5O6. The molecule has 0 bridgehead atoms. The minimum Gasteiger partial charge on any atom is -0.481 e. The molecule has 27 heavy (non-hydrogen) atoms. The molecule has 1 atom stereocenters. The molecule has 0 aliphatic carbocycles. The lowest BCUT2D eigenvalue weighted by atomic mass is 10.2. The van der Waals surface area contributed by atoms with Crippen LogP contribution in [0.15, 0.2) is 24.3 Å². The van der Waals surface area contributed by atoms with Crippen LogP contribution in [0.25, 0.3) is 5.69 Å². The van der Waals surface area contributed by atoms with Gasteiger partial charge in [0.15, 0.2) is 5.69 Å². The van der Waals surface area contributed by atoms with Crippen LogP contribution in [0.2, 0.25) is 0 Å². The Hall–Kier alpha value is -3.34. The van der Waals surface area contributed by atoms with E-state index in [1.165, 1.54) is 27.8 Å². The number of benzene rings is 1. The van der Waals surface area contributed by atoms with Gasteiger partial charge < -0.3 is 14.7 Å². The summed E-state index contributed by atoms with van der Waals surface area (Å²) in [5.41, 5.74) is 0.859. The Morgan fingerprint density at radius 2 is 2.22 bits per heavy atom. The van der Waals surface area contributed by atoms with Crippen molar-refractivity contribution in [3.8, 4) is 5.69 Å². The number of hydrogen-bond acceptors (Lipinski definition) is 7. The van der Waals surface area contributed by atoms with E-state index in [1.54, 1.807) is 13.0 Å². The summed E-state index contributed by atoms with van der Waals surface area (Å²) in [4.78, 5) is 35.5. The highest BCUT2D eigenvalue weighted by molar-refractivity contribution is 5.93. The molecule has 142 valence electrons. The molecule has 0 spiro atoms. The molecule has 1 amide bonds. The van der Waals surface area contributed by atoms with Crippen LogP contribution in [0.3, 0.4) is 0 Å². The molecule has 1 fully saturated rings. The van der Waals surface area contributed by atoms with Crippen molar-refractivity contribution in [3.05, 3.63) is 45.8 Å². The van der Waals surface area contributed by atoms with E-state index in [2.05, 4.69) is 10.3 Å². The van der Waals surface area contributed by atoms with Gasteiger partial charge in [0.05, 0.1) is 35.4 Å². The lowest BCUT2D eigenvalue weighted by Crippen LogP contribution is -2.46. The van der Waals surface area contributed by atoms with Crippen LogP contribution in [0.4, 0.5) is 5.69 Å². The van der Waals surface area contributed by atoms with Crippen molar-refractivity contribution in [1.29, 1.82) is 0 Å². The molecule has 1 aliphatic rings. The Labute approximate surface area is 153 Å². The van der Waals surface area contributed by atoms with Crippen LogP contribution in [0, 0.1) is 17.0 Å². The number of aromatic nitrogens is 3. The quantitative estimate of drug-likeness (QED) is 0.597. The number of carbonyl (C=O) groups is 2. The van der Waals surface area contributed by atoms with Crippen molar-refractivity contribution in [2.75, 3.05) is 19.7 Å². The number of hydrogen-bond donors (Lipinski definition) is 1. The van der Waals surface area contributed by atoms with E-state index in [0.29, 0.717) is 17.9 Å². The summed E-state index contributed by atoms with van der Waals surface area (Å²) in [5, 5.41) is 27.7. The first-order valence-corrected chi connectivity index (χ1v) is 8.16. The number of aliphatic carboxylic acids is 1. The molecule has 1 aromatic carbocycles. The third-order valence-electron chi connectivity index (χ3n) is 4.21. The SMILES string of the molecule is Cc1c(C(=O)N2CCOC(CC(=O)O)C2)nnn1-c1cccc([N+](=O)[O-])c1. The summed E-state index contributed by atoms with van der Waals surface area (Å²) in [6, 6.07) is 5.85. The minimum atomic E-state index is -0.998. The summed E-state index contributed by atoms with van der Waals surface area (Å²) >= 11 is 0. The van der Waals surface area contributed by atoms with Gasteiger partial charge in [-0.15, -0.1) is 5.10 Å². The Balaban J connectivity index is 1.82. The highest BCUT2D eigenvalue weighted by atomic mass is 16.6. The summed E-state index contributed by atoms with van der Waals surface area (Å²) in [6.45, 7) is 2.34. The van der Waals surface area contributed by atoms with Gasteiger partial charge in [0.1, 0.15) is 0 Å². The average molecular weight is 375 g/mol. The van der Waals surface area contributed by atoms with Gasteiger partial charge >= 0.3 is 5.97 Å². The number of carboxylic acid groups (broad SMARTS) is 1. The van der Waals surface area contributed by atoms with Crippen LogP contribution in [0.5, 0.6) is 0 Å². The van der Waals surface area contributed by atoms with E-state index >= 15 is 0 Å². The lowest BCUT2D eigenvalue weighted by Gasteiger charge is -2.31. The number of carboxylic acids is 1. The van der Waals surface area contributed by atoms with Gasteiger partial charge in [-0.2, -0.15) is 0 Å². The molecule has 11 heteroatoms. The zero-order valence-corrected chi connectivity index (χ0v) is 14.4. The fraction of sp³-hybridized carbons (Fsp3) is 0.375. The fourth-order valence-electron chi connectivity index (χ4n) is 2.88. The van der Waals surface area contributed by atoms with Crippen LogP contribution >= 0.6 is 0 Å². The van der Waals surface area contributed by atoms with Gasteiger partial charge in [0, 0.05) is 25.2 Å². The second kappa shape index (κ2) is 7.50. The van der Waals surface area contributed by atoms with Crippen molar-refractivity contribution in [2.45, 2.75) is 19.4 Å². The average Bonchev–Trinajstić information content (AvgIpc) is 3.02. The largest absolute Gasteiger partial charge is 0.481 e. The number of nitro groups is 1. The number of ether oxygens (including phenoxy) is 1. The number of non-ortho nitro benzene ring substituents is 1. The zero-order valence-electron chi connectivity index (χ0n) is 14.4. The number of carbonyl (C=O) groups excluding carboxylic acids is 1. The first-order valence-electron chi connectivity index (χ1n) is 8.16. The van der Waals surface area contributed by atoms with Crippen molar-refractivity contribution < 1.29 is 24.4 Å². The number of nitro benzene ring substituents is 1. The first kappa shape index (κ1) is 18.5. The molecule has 0 radical (unpaired) electrons. The summed E-state index contributed by atoms with van der Waals surface area (Å²) in [5.74, 6) is -1.38. The molecule has 1 N–H and O–H groups in total. The second-order valence-corrected chi connectivity index (χ2v) is 6.05. The lowest BCUT2D eigenvalue weighted by molar-refractivity contribution is -0.384. The molecule has 2 aromatic rings. The Kier molecular flexibility index (Phi) is 5.12. The third-order valence-corrected chi connectivity index (χ3v) is 4.21. The molecule has 2 heterocycles. The molecule has 3 rings (SSSR count). The van der Waals surface area contributed by atoms with E-state index in [0.717, 1.165) is 0 Å². The second-order valence-electron chi connectivity index (χ2n) is 6.05. The van der Waals surface area contributed by atoms with E-state index in [1.807, 2.05) is 0 Å². The maximum Gasteiger partial charge on any atom is 0.306 e. The fourth-order valence-corrected chi connectivity index (χ4v) is 2.88. The van der Waals surface area contributed by atoms with Gasteiger partial charge in [0.25, 0.3) is 11.6 Å². The number of nitrogens with zero attached hydrogens (tertiary/aromatic N) is 5. The molecular weight excluding hydrogens is 358 g/mol. The summed E-state index contributed by atoms with van der Waals surface area (Å²) in [6.07, 6.45) is -0.768. The normalized spacial score (nSPS) is 16.9. The van der Waals surface area contributed by atoms with E-state index in [9.17, 15) is 19.7 Å². The molecule has 1 aliphatic heterocycles. The molecule has 1 saturated heterocycles. The van der Waals surface area contributed by atoms with Crippen LogP contribution in [-0.2, 0) is 9.53 Å². The predicted molar refractivity (Wildman–Crippen MR) is 90.6 cm³/mol. The summed E-state index contributed by atoms with van der Waals surface area (Å²) < 4.78 is 6.72. The predicted octanol–water partition coefficient (Wildman–Crippen LogP) is 0.800. The van der Waals surface area contributed by atoms with Gasteiger partial charge in [-0.25, -0.2) is 4.68 Å². The maximum atomic E-state index is 12.8. The Bertz CT molecular complexity index is 895. The third kappa shape index (κ3) is 3.92. The highest BCUT2D eigenvalue weighted by Crippen LogP contribution is 2.20. The highest BCUT2D eigenvalue weighted by Gasteiger charge is 2.29.